The molecule has 17 heavy (non-hydrogen) atoms. The van der Waals surface area contributed by atoms with E-state index in [1.54, 1.807) is 0 Å². The van der Waals surface area contributed by atoms with Crippen LogP contribution in [0.3, 0.4) is 0 Å². The lowest BCUT2D eigenvalue weighted by Crippen LogP contribution is -2.40. The highest BCUT2D eigenvalue weighted by Crippen LogP contribution is 2.30. The number of primary amides is 1. The van der Waals surface area contributed by atoms with E-state index in [-0.39, 0.29) is 18.6 Å². The molecule has 0 aromatic heterocycles. The number of aliphatic hydroxyl groups excluding tert-OH is 1. The molecule has 1 amide bonds. The topological polar surface area (TPSA) is 66.6 Å². The summed E-state index contributed by atoms with van der Waals surface area (Å²) in [6, 6.07) is 5.44. The van der Waals surface area contributed by atoms with Crippen LogP contribution < -0.4 is 10.6 Å². The number of amides is 1. The molecule has 1 aliphatic rings. The van der Waals surface area contributed by atoms with Crippen molar-refractivity contribution in [2.24, 2.45) is 5.73 Å². The van der Waals surface area contributed by atoms with Gasteiger partial charge in [-0.05, 0) is 31.0 Å². The zero-order valence-corrected chi connectivity index (χ0v) is 11.0. The van der Waals surface area contributed by atoms with E-state index >= 15 is 0 Å². The first kappa shape index (κ1) is 12.4. The summed E-state index contributed by atoms with van der Waals surface area (Å²) in [6.07, 6.45) is 1.74. The maximum atomic E-state index is 11.4. The van der Waals surface area contributed by atoms with E-state index in [0.29, 0.717) is 0 Å². The summed E-state index contributed by atoms with van der Waals surface area (Å²) in [6.45, 7) is 0.763. The molecule has 1 aromatic carbocycles. The van der Waals surface area contributed by atoms with Crippen molar-refractivity contribution in [3.63, 3.8) is 0 Å². The standard InChI is InChI=1S/C12H15BrN2O2/c13-9-3-4-10(8(6-9)7-16)15-5-1-2-11(15)12(14)17/h3-4,6,11,16H,1-2,5,7H2,(H2,14,17). The maximum Gasteiger partial charge on any atom is 0.240 e. The summed E-state index contributed by atoms with van der Waals surface area (Å²) in [5, 5.41) is 9.36. The maximum absolute atomic E-state index is 11.4. The lowest BCUT2D eigenvalue weighted by atomic mass is 10.1. The third-order valence-corrected chi connectivity index (χ3v) is 3.60. The normalized spacial score (nSPS) is 19.6. The molecular weight excluding hydrogens is 284 g/mol. The fraction of sp³-hybridized carbons (Fsp3) is 0.417. The van der Waals surface area contributed by atoms with Gasteiger partial charge in [-0.2, -0.15) is 0 Å². The number of halogens is 1. The third kappa shape index (κ3) is 2.45. The van der Waals surface area contributed by atoms with Crippen molar-refractivity contribution >= 4 is 27.5 Å². The number of nitrogens with zero attached hydrogens (tertiary/aromatic N) is 1. The Bertz CT molecular complexity index is 437. The number of carbonyl (C=O) groups is 1. The summed E-state index contributed by atoms with van der Waals surface area (Å²) in [5.74, 6) is -0.297. The molecule has 2 rings (SSSR count). The average molecular weight is 299 g/mol. The number of carbonyl (C=O) groups excluding carboxylic acids is 1. The van der Waals surface area contributed by atoms with Gasteiger partial charge in [-0.1, -0.05) is 15.9 Å². The molecular formula is C12H15BrN2O2. The van der Waals surface area contributed by atoms with Crippen molar-refractivity contribution in [2.45, 2.75) is 25.5 Å². The van der Waals surface area contributed by atoms with Gasteiger partial charge in [0, 0.05) is 22.3 Å². The molecule has 1 aromatic rings. The Hall–Kier alpha value is -1.07. The van der Waals surface area contributed by atoms with Crippen LogP contribution in [0.4, 0.5) is 5.69 Å². The zero-order valence-electron chi connectivity index (χ0n) is 9.40. The van der Waals surface area contributed by atoms with Crippen LogP contribution in [-0.4, -0.2) is 23.6 Å². The lowest BCUT2D eigenvalue weighted by Gasteiger charge is -2.26. The molecule has 0 aliphatic carbocycles. The van der Waals surface area contributed by atoms with E-state index in [2.05, 4.69) is 15.9 Å². The van der Waals surface area contributed by atoms with E-state index in [1.807, 2.05) is 23.1 Å². The fourth-order valence-electron chi connectivity index (χ4n) is 2.31. The minimum absolute atomic E-state index is 0.0449. The number of anilines is 1. The van der Waals surface area contributed by atoms with Crippen LogP contribution in [0.5, 0.6) is 0 Å². The Morgan fingerprint density at radius 3 is 3.00 bits per heavy atom. The van der Waals surface area contributed by atoms with Gasteiger partial charge in [-0.3, -0.25) is 4.79 Å². The van der Waals surface area contributed by atoms with Crippen LogP contribution in [0.25, 0.3) is 0 Å². The smallest absolute Gasteiger partial charge is 0.240 e. The molecule has 1 saturated heterocycles. The number of hydrogen-bond donors (Lipinski definition) is 2. The molecule has 5 heteroatoms. The minimum Gasteiger partial charge on any atom is -0.392 e. The minimum atomic E-state index is -0.297. The van der Waals surface area contributed by atoms with Crippen molar-refractivity contribution in [1.29, 1.82) is 0 Å². The van der Waals surface area contributed by atoms with Crippen LogP contribution in [0.1, 0.15) is 18.4 Å². The summed E-state index contributed by atoms with van der Waals surface area (Å²) < 4.78 is 0.917. The zero-order chi connectivity index (χ0) is 12.4. The predicted molar refractivity (Wildman–Crippen MR) is 69.6 cm³/mol. The number of aliphatic hydroxyl groups is 1. The largest absolute Gasteiger partial charge is 0.392 e. The monoisotopic (exact) mass is 298 g/mol. The van der Waals surface area contributed by atoms with Crippen molar-refractivity contribution in [3.8, 4) is 0 Å². The first-order valence-corrected chi connectivity index (χ1v) is 6.38. The van der Waals surface area contributed by atoms with E-state index in [4.69, 9.17) is 5.73 Å². The van der Waals surface area contributed by atoms with Gasteiger partial charge in [0.2, 0.25) is 5.91 Å². The average Bonchev–Trinajstić information content (AvgIpc) is 2.77. The van der Waals surface area contributed by atoms with Crippen LogP contribution in [0.2, 0.25) is 0 Å². The Kier molecular flexibility index (Phi) is 3.69. The van der Waals surface area contributed by atoms with E-state index < -0.39 is 0 Å². The molecule has 0 saturated carbocycles. The summed E-state index contributed by atoms with van der Waals surface area (Å²) in [4.78, 5) is 13.3. The van der Waals surface area contributed by atoms with Gasteiger partial charge in [-0.15, -0.1) is 0 Å². The molecule has 1 aliphatic heterocycles. The number of rotatable bonds is 3. The third-order valence-electron chi connectivity index (χ3n) is 3.10. The van der Waals surface area contributed by atoms with Crippen molar-refractivity contribution in [1.82, 2.24) is 0 Å². The Morgan fingerprint density at radius 1 is 1.59 bits per heavy atom. The second-order valence-corrected chi connectivity index (χ2v) is 5.10. The second-order valence-electron chi connectivity index (χ2n) is 4.18. The summed E-state index contributed by atoms with van der Waals surface area (Å²) in [7, 11) is 0. The van der Waals surface area contributed by atoms with E-state index in [1.165, 1.54) is 0 Å². The van der Waals surface area contributed by atoms with Crippen LogP contribution >= 0.6 is 15.9 Å². The highest BCUT2D eigenvalue weighted by molar-refractivity contribution is 9.10. The van der Waals surface area contributed by atoms with Crippen molar-refractivity contribution in [2.75, 3.05) is 11.4 Å². The van der Waals surface area contributed by atoms with Gasteiger partial charge in [0.15, 0.2) is 0 Å². The summed E-state index contributed by atoms with van der Waals surface area (Å²) >= 11 is 3.37. The Labute approximate surface area is 109 Å². The van der Waals surface area contributed by atoms with Crippen LogP contribution in [0.15, 0.2) is 22.7 Å². The Balaban J connectivity index is 2.36. The Morgan fingerprint density at radius 2 is 2.35 bits per heavy atom. The number of benzene rings is 1. The highest BCUT2D eigenvalue weighted by atomic mass is 79.9. The molecule has 0 spiro atoms. The van der Waals surface area contributed by atoms with Gasteiger partial charge in [0.1, 0.15) is 6.04 Å². The van der Waals surface area contributed by atoms with E-state index in [0.717, 1.165) is 35.1 Å². The van der Waals surface area contributed by atoms with Gasteiger partial charge in [0.25, 0.3) is 0 Å². The molecule has 1 fully saturated rings. The number of nitrogens with two attached hydrogens (primary N) is 1. The van der Waals surface area contributed by atoms with Crippen LogP contribution in [-0.2, 0) is 11.4 Å². The van der Waals surface area contributed by atoms with Gasteiger partial charge in [-0.25, -0.2) is 0 Å². The molecule has 92 valence electrons. The second kappa shape index (κ2) is 5.06. The molecule has 0 bridgehead atoms. The van der Waals surface area contributed by atoms with Crippen molar-refractivity contribution < 1.29 is 9.90 Å². The summed E-state index contributed by atoms with van der Waals surface area (Å²) in [5.41, 5.74) is 7.11. The lowest BCUT2D eigenvalue weighted by molar-refractivity contribution is -0.119. The highest BCUT2D eigenvalue weighted by Gasteiger charge is 2.30. The molecule has 1 atom stereocenters. The molecule has 1 unspecified atom stereocenters. The number of hydrogen-bond acceptors (Lipinski definition) is 3. The van der Waals surface area contributed by atoms with Crippen LogP contribution in [0, 0.1) is 0 Å². The van der Waals surface area contributed by atoms with Gasteiger partial charge >= 0.3 is 0 Å². The van der Waals surface area contributed by atoms with Gasteiger partial charge in [0.05, 0.1) is 6.61 Å². The fourth-order valence-corrected chi connectivity index (χ4v) is 2.72. The molecule has 3 N–H and O–H groups in total. The first-order chi connectivity index (χ1) is 8.13. The van der Waals surface area contributed by atoms with E-state index in [9.17, 15) is 9.90 Å². The molecule has 0 radical (unpaired) electrons. The van der Waals surface area contributed by atoms with Gasteiger partial charge < -0.3 is 15.7 Å². The predicted octanol–water partition coefficient (Wildman–Crippen LogP) is 1.40. The first-order valence-electron chi connectivity index (χ1n) is 5.58. The molecule has 4 nitrogen and oxygen atoms in total. The van der Waals surface area contributed by atoms with Crippen molar-refractivity contribution in [3.05, 3.63) is 28.2 Å². The molecule has 1 heterocycles. The SMILES string of the molecule is NC(=O)C1CCCN1c1ccc(Br)cc1CO. The quantitative estimate of drug-likeness (QED) is 0.886.